The molecule has 0 bridgehead atoms. The predicted octanol–water partition coefficient (Wildman–Crippen LogP) is 0.388. The molecular formula is C9H13N3O. The van der Waals surface area contributed by atoms with Gasteiger partial charge in [0, 0.05) is 31.1 Å². The molecular weight excluding hydrogens is 166 g/mol. The Morgan fingerprint density at radius 2 is 2.54 bits per heavy atom. The van der Waals surface area contributed by atoms with Gasteiger partial charge in [0.25, 0.3) is 0 Å². The third-order valence-corrected chi connectivity index (χ3v) is 1.44. The molecule has 4 nitrogen and oxygen atoms in total. The number of pyridine rings is 1. The van der Waals surface area contributed by atoms with E-state index in [1.54, 1.807) is 18.6 Å². The molecule has 1 aromatic heterocycles. The Hall–Kier alpha value is -1.42. The Labute approximate surface area is 77.3 Å². The molecule has 0 aromatic carbocycles. The largest absolute Gasteiger partial charge is 0.396 e. The van der Waals surface area contributed by atoms with E-state index >= 15 is 0 Å². The van der Waals surface area contributed by atoms with E-state index in [2.05, 4.69) is 15.5 Å². The van der Waals surface area contributed by atoms with Gasteiger partial charge in [-0.3, -0.25) is 4.98 Å². The zero-order chi connectivity index (χ0) is 9.36. The van der Waals surface area contributed by atoms with E-state index in [1.807, 2.05) is 12.1 Å². The standard InChI is InChI=1S/C9H13N3O/c13-6-2-5-11-12-8-9-3-1-4-10-7-9/h1,3-4,7-8,11,13H,2,5-6H2/b12-8-. The molecule has 4 heteroatoms. The Balaban J connectivity index is 2.25. The summed E-state index contributed by atoms with van der Waals surface area (Å²) in [4.78, 5) is 3.94. The van der Waals surface area contributed by atoms with Crippen molar-refractivity contribution in [1.82, 2.24) is 10.4 Å². The van der Waals surface area contributed by atoms with Gasteiger partial charge in [-0.15, -0.1) is 0 Å². The Morgan fingerprint density at radius 3 is 3.23 bits per heavy atom. The zero-order valence-electron chi connectivity index (χ0n) is 7.35. The van der Waals surface area contributed by atoms with E-state index in [1.165, 1.54) is 0 Å². The molecule has 0 unspecified atom stereocenters. The maximum absolute atomic E-state index is 8.48. The van der Waals surface area contributed by atoms with E-state index < -0.39 is 0 Å². The van der Waals surface area contributed by atoms with Gasteiger partial charge in [-0.1, -0.05) is 6.07 Å². The number of hydrogen-bond acceptors (Lipinski definition) is 4. The van der Waals surface area contributed by atoms with Crippen LogP contribution < -0.4 is 5.43 Å². The number of aliphatic hydroxyl groups is 1. The molecule has 1 aromatic rings. The van der Waals surface area contributed by atoms with Gasteiger partial charge in [-0.2, -0.15) is 5.10 Å². The highest BCUT2D eigenvalue weighted by atomic mass is 16.3. The van der Waals surface area contributed by atoms with E-state index in [0.717, 1.165) is 5.56 Å². The minimum Gasteiger partial charge on any atom is -0.396 e. The topological polar surface area (TPSA) is 57.5 Å². The second kappa shape index (κ2) is 6.14. The van der Waals surface area contributed by atoms with Gasteiger partial charge >= 0.3 is 0 Å². The summed E-state index contributed by atoms with van der Waals surface area (Å²) in [7, 11) is 0. The Bertz CT molecular complexity index is 248. The van der Waals surface area contributed by atoms with Crippen LogP contribution in [0.1, 0.15) is 12.0 Å². The minimum absolute atomic E-state index is 0.190. The number of nitrogens with zero attached hydrogens (tertiary/aromatic N) is 2. The molecule has 0 fully saturated rings. The molecule has 70 valence electrons. The molecule has 2 N–H and O–H groups in total. The third kappa shape index (κ3) is 4.22. The number of hydrazone groups is 1. The van der Waals surface area contributed by atoms with Gasteiger partial charge in [-0.05, 0) is 12.5 Å². The number of aliphatic hydroxyl groups excluding tert-OH is 1. The molecule has 13 heavy (non-hydrogen) atoms. The van der Waals surface area contributed by atoms with Crippen molar-refractivity contribution in [2.45, 2.75) is 6.42 Å². The smallest absolute Gasteiger partial charge is 0.0555 e. The van der Waals surface area contributed by atoms with Crippen molar-refractivity contribution in [3.05, 3.63) is 30.1 Å². The van der Waals surface area contributed by atoms with Crippen LogP contribution in [0.25, 0.3) is 0 Å². The first-order valence-electron chi connectivity index (χ1n) is 4.20. The summed E-state index contributed by atoms with van der Waals surface area (Å²) in [6.07, 6.45) is 5.86. The van der Waals surface area contributed by atoms with Gasteiger partial charge < -0.3 is 10.5 Å². The van der Waals surface area contributed by atoms with Crippen molar-refractivity contribution in [3.63, 3.8) is 0 Å². The maximum Gasteiger partial charge on any atom is 0.0555 e. The molecule has 0 spiro atoms. The average molecular weight is 179 g/mol. The van der Waals surface area contributed by atoms with Crippen LogP contribution in [0.2, 0.25) is 0 Å². The molecule has 1 heterocycles. The van der Waals surface area contributed by atoms with Crippen molar-refractivity contribution in [2.75, 3.05) is 13.2 Å². The average Bonchev–Trinajstić information content (AvgIpc) is 2.19. The van der Waals surface area contributed by atoms with Crippen LogP contribution in [0.5, 0.6) is 0 Å². The second-order valence-corrected chi connectivity index (χ2v) is 2.53. The van der Waals surface area contributed by atoms with Crippen molar-refractivity contribution in [2.24, 2.45) is 5.10 Å². The molecule has 0 saturated heterocycles. The van der Waals surface area contributed by atoms with Gasteiger partial charge in [-0.25, -0.2) is 0 Å². The highest BCUT2D eigenvalue weighted by Gasteiger charge is 1.84. The van der Waals surface area contributed by atoms with Crippen LogP contribution in [0.4, 0.5) is 0 Å². The lowest BCUT2D eigenvalue weighted by Crippen LogP contribution is -2.09. The van der Waals surface area contributed by atoms with E-state index in [4.69, 9.17) is 5.11 Å². The molecule has 0 saturated carbocycles. The highest BCUT2D eigenvalue weighted by molar-refractivity contribution is 5.78. The van der Waals surface area contributed by atoms with E-state index in [-0.39, 0.29) is 6.61 Å². The number of aromatic nitrogens is 1. The number of nitrogens with one attached hydrogen (secondary N) is 1. The van der Waals surface area contributed by atoms with Gasteiger partial charge in [0.15, 0.2) is 0 Å². The lowest BCUT2D eigenvalue weighted by Gasteiger charge is -1.96. The maximum atomic E-state index is 8.48. The fourth-order valence-electron chi connectivity index (χ4n) is 0.795. The highest BCUT2D eigenvalue weighted by Crippen LogP contribution is 1.89. The Morgan fingerprint density at radius 1 is 1.62 bits per heavy atom. The first kappa shape index (κ1) is 9.67. The SMILES string of the molecule is OCCCN/N=C\c1cccnc1. The van der Waals surface area contributed by atoms with Crippen LogP contribution in [0.3, 0.4) is 0 Å². The first-order chi connectivity index (χ1) is 6.43. The van der Waals surface area contributed by atoms with Crippen LogP contribution >= 0.6 is 0 Å². The molecule has 1 rings (SSSR count). The predicted molar refractivity (Wildman–Crippen MR) is 51.5 cm³/mol. The fraction of sp³-hybridized carbons (Fsp3) is 0.333. The number of hydrogen-bond donors (Lipinski definition) is 2. The molecule has 0 aliphatic rings. The summed E-state index contributed by atoms with van der Waals surface area (Å²) in [6.45, 7) is 0.878. The molecule has 0 radical (unpaired) electrons. The van der Waals surface area contributed by atoms with Crippen LogP contribution in [0.15, 0.2) is 29.6 Å². The monoisotopic (exact) mass is 179 g/mol. The zero-order valence-corrected chi connectivity index (χ0v) is 7.35. The minimum atomic E-state index is 0.190. The summed E-state index contributed by atoms with van der Waals surface area (Å²) in [5.41, 5.74) is 3.77. The summed E-state index contributed by atoms with van der Waals surface area (Å²) >= 11 is 0. The van der Waals surface area contributed by atoms with Gasteiger partial charge in [0.2, 0.25) is 0 Å². The van der Waals surface area contributed by atoms with Gasteiger partial charge in [0.05, 0.1) is 6.21 Å². The van der Waals surface area contributed by atoms with Crippen molar-refractivity contribution < 1.29 is 5.11 Å². The van der Waals surface area contributed by atoms with Gasteiger partial charge in [0.1, 0.15) is 0 Å². The quantitative estimate of drug-likeness (QED) is 0.390. The van der Waals surface area contributed by atoms with Crippen LogP contribution in [-0.2, 0) is 0 Å². The van der Waals surface area contributed by atoms with E-state index in [0.29, 0.717) is 13.0 Å². The fourth-order valence-corrected chi connectivity index (χ4v) is 0.795. The van der Waals surface area contributed by atoms with E-state index in [9.17, 15) is 0 Å². The molecule has 0 amide bonds. The van der Waals surface area contributed by atoms with Crippen molar-refractivity contribution >= 4 is 6.21 Å². The molecule has 0 aliphatic carbocycles. The summed E-state index contributed by atoms with van der Waals surface area (Å²) in [5, 5.41) is 12.4. The molecule has 0 atom stereocenters. The van der Waals surface area contributed by atoms with Crippen molar-refractivity contribution in [3.8, 4) is 0 Å². The van der Waals surface area contributed by atoms with Crippen molar-refractivity contribution in [1.29, 1.82) is 0 Å². The third-order valence-electron chi connectivity index (χ3n) is 1.44. The summed E-state index contributed by atoms with van der Waals surface area (Å²) < 4.78 is 0. The molecule has 0 aliphatic heterocycles. The lowest BCUT2D eigenvalue weighted by atomic mass is 10.3. The normalized spacial score (nSPS) is 10.5. The summed E-state index contributed by atoms with van der Waals surface area (Å²) in [5.74, 6) is 0. The Kier molecular flexibility index (Phi) is 4.56. The first-order valence-corrected chi connectivity index (χ1v) is 4.20. The van der Waals surface area contributed by atoms with Crippen LogP contribution in [-0.4, -0.2) is 29.5 Å². The number of rotatable bonds is 5. The van der Waals surface area contributed by atoms with Crippen LogP contribution in [0, 0.1) is 0 Å². The second-order valence-electron chi connectivity index (χ2n) is 2.53. The summed E-state index contributed by atoms with van der Waals surface area (Å²) in [6, 6.07) is 3.78. The lowest BCUT2D eigenvalue weighted by molar-refractivity contribution is 0.286.